The summed E-state index contributed by atoms with van der Waals surface area (Å²) in [4.78, 5) is 44.8. The molecular formula is C33H38O10. The number of hydrogen-bond acceptors (Lipinski definition) is 10. The number of hydrogen-bond donors (Lipinski definition) is 0. The molecule has 0 unspecified atom stereocenters. The molecule has 0 aromatic heterocycles. The topological polar surface area (TPSA) is 124 Å². The number of esters is 3. The van der Waals surface area contributed by atoms with Gasteiger partial charge >= 0.3 is 17.9 Å². The van der Waals surface area contributed by atoms with Crippen molar-refractivity contribution in [3.05, 3.63) is 108 Å². The minimum atomic E-state index is -0.510. The second-order valence-electron chi connectivity index (χ2n) is 8.36. The lowest BCUT2D eigenvalue weighted by Gasteiger charge is -2.07. The van der Waals surface area contributed by atoms with Crippen molar-refractivity contribution in [2.45, 2.75) is 33.6 Å². The van der Waals surface area contributed by atoms with Crippen LogP contribution in [0.15, 0.2) is 97.0 Å². The van der Waals surface area contributed by atoms with E-state index >= 15 is 0 Å². The highest BCUT2D eigenvalue weighted by Gasteiger charge is 2.10. The molecule has 0 aliphatic carbocycles. The van der Waals surface area contributed by atoms with E-state index in [2.05, 4.69) is 16.1 Å². The molecule has 2 aromatic carbocycles. The van der Waals surface area contributed by atoms with Crippen LogP contribution < -0.4 is 9.47 Å². The highest BCUT2D eigenvalue weighted by molar-refractivity contribution is 5.91. The summed E-state index contributed by atoms with van der Waals surface area (Å²) < 4.78 is 30.3. The molecule has 10 nitrogen and oxygen atoms in total. The Labute approximate surface area is 252 Å². The Balaban J connectivity index is 0.000000650. The predicted molar refractivity (Wildman–Crippen MR) is 160 cm³/mol. The number of carbonyl (C=O) groups is 4. The molecule has 0 bridgehead atoms. The Morgan fingerprint density at radius 1 is 0.837 bits per heavy atom. The van der Waals surface area contributed by atoms with E-state index < -0.39 is 17.9 Å². The summed E-state index contributed by atoms with van der Waals surface area (Å²) in [6.45, 7) is 10.2. The average molecular weight is 595 g/mol. The standard InChI is InChI=1S/C25H26O6.C8H12O4/c1-5-7-23(31-25(27)20-9-14-21(28-4)15-10-20)13-8-18(3)30-24(26)19-11-16-22(17-12-19)29-6-2;1-2-8(10)12-6-4-3-5-11-7-9/h5,7-17H,6H2,1-4H3;2,7H,1,3-6H2/b7-5-,18-8+,23-13+;. The van der Waals surface area contributed by atoms with Crippen LogP contribution in [0.1, 0.15) is 54.3 Å². The van der Waals surface area contributed by atoms with Crippen LogP contribution in [-0.2, 0) is 28.5 Å². The van der Waals surface area contributed by atoms with E-state index in [1.54, 1.807) is 93.8 Å². The summed E-state index contributed by atoms with van der Waals surface area (Å²) >= 11 is 0. The zero-order valence-corrected chi connectivity index (χ0v) is 24.9. The molecule has 0 heterocycles. The van der Waals surface area contributed by atoms with Gasteiger partial charge in [0.2, 0.25) is 0 Å². The van der Waals surface area contributed by atoms with Crippen LogP contribution in [0.3, 0.4) is 0 Å². The summed E-state index contributed by atoms with van der Waals surface area (Å²) in [7, 11) is 1.55. The third-order valence-corrected chi connectivity index (χ3v) is 5.14. The first-order valence-corrected chi connectivity index (χ1v) is 13.4. The van der Waals surface area contributed by atoms with Crippen molar-refractivity contribution < 1.29 is 47.6 Å². The van der Waals surface area contributed by atoms with Crippen molar-refractivity contribution in [3.63, 3.8) is 0 Å². The first kappa shape index (κ1) is 35.9. The number of methoxy groups -OCH3 is 1. The molecule has 0 amide bonds. The van der Waals surface area contributed by atoms with E-state index in [1.165, 1.54) is 0 Å². The molecule has 10 heteroatoms. The van der Waals surface area contributed by atoms with E-state index in [1.807, 2.05) is 6.92 Å². The average Bonchev–Trinajstić information content (AvgIpc) is 3.02. The molecule has 0 saturated heterocycles. The maximum atomic E-state index is 12.4. The van der Waals surface area contributed by atoms with Gasteiger partial charge in [-0.25, -0.2) is 14.4 Å². The fourth-order valence-electron chi connectivity index (χ4n) is 3.04. The quantitative estimate of drug-likeness (QED) is 0.0426. The maximum Gasteiger partial charge on any atom is 0.343 e. The minimum absolute atomic E-state index is 0.305. The number of ether oxygens (including phenoxy) is 6. The number of carbonyl (C=O) groups excluding carboxylic acids is 4. The lowest BCUT2D eigenvalue weighted by Crippen LogP contribution is -2.05. The second-order valence-corrected chi connectivity index (χ2v) is 8.36. The van der Waals surface area contributed by atoms with Gasteiger partial charge in [0.05, 0.1) is 38.1 Å². The molecule has 0 fully saturated rings. The third-order valence-electron chi connectivity index (χ3n) is 5.14. The first-order chi connectivity index (χ1) is 20.8. The Morgan fingerprint density at radius 2 is 1.42 bits per heavy atom. The Kier molecular flexibility index (Phi) is 18.0. The van der Waals surface area contributed by atoms with Crippen LogP contribution in [0.2, 0.25) is 0 Å². The lowest BCUT2D eigenvalue weighted by molar-refractivity contribution is -0.138. The molecule has 230 valence electrons. The second kappa shape index (κ2) is 21.6. The number of unbranched alkanes of at least 4 members (excludes halogenated alkanes) is 1. The largest absolute Gasteiger partial charge is 0.497 e. The first-order valence-electron chi connectivity index (χ1n) is 13.4. The molecule has 2 rings (SSSR count). The summed E-state index contributed by atoms with van der Waals surface area (Å²) in [6, 6.07) is 13.3. The van der Waals surface area contributed by atoms with Crippen LogP contribution in [-0.4, -0.2) is 51.3 Å². The predicted octanol–water partition coefficient (Wildman–Crippen LogP) is 6.14. The van der Waals surface area contributed by atoms with Crippen molar-refractivity contribution in [2.24, 2.45) is 0 Å². The van der Waals surface area contributed by atoms with Crippen LogP contribution in [0.4, 0.5) is 0 Å². The third kappa shape index (κ3) is 15.5. The van der Waals surface area contributed by atoms with E-state index in [9.17, 15) is 19.2 Å². The van der Waals surface area contributed by atoms with Gasteiger partial charge in [-0.05, 0) is 100 Å². The van der Waals surface area contributed by atoms with Crippen molar-refractivity contribution in [1.82, 2.24) is 0 Å². The Hall–Kier alpha value is -5.12. The zero-order valence-electron chi connectivity index (χ0n) is 24.9. The highest BCUT2D eigenvalue weighted by atomic mass is 16.5. The Bertz CT molecular complexity index is 1260. The zero-order chi connectivity index (χ0) is 31.9. The van der Waals surface area contributed by atoms with Crippen LogP contribution in [0, 0.1) is 0 Å². The SMILES string of the molecule is C=CC(=O)OCCCCOC=O.C\C=C/C(=C\C=C(/C)OC(=O)c1ccc(OCC)cc1)OC(=O)c1ccc(OC)cc1. The van der Waals surface area contributed by atoms with Gasteiger partial charge in [0.1, 0.15) is 23.0 Å². The molecule has 0 aliphatic heterocycles. The van der Waals surface area contributed by atoms with Crippen molar-refractivity contribution in [3.8, 4) is 11.5 Å². The summed E-state index contributed by atoms with van der Waals surface area (Å²) in [6.07, 6.45) is 8.99. The van der Waals surface area contributed by atoms with Crippen molar-refractivity contribution in [1.29, 1.82) is 0 Å². The van der Waals surface area contributed by atoms with Crippen molar-refractivity contribution in [2.75, 3.05) is 26.9 Å². The van der Waals surface area contributed by atoms with Gasteiger partial charge in [-0.3, -0.25) is 4.79 Å². The number of rotatable bonds is 16. The summed E-state index contributed by atoms with van der Waals surface area (Å²) in [5.74, 6) is 0.558. The van der Waals surface area contributed by atoms with E-state index in [-0.39, 0.29) is 0 Å². The summed E-state index contributed by atoms with van der Waals surface area (Å²) in [5.41, 5.74) is 0.790. The molecule has 43 heavy (non-hydrogen) atoms. The fraction of sp³-hybridized carbons (Fsp3) is 0.273. The molecule has 2 aromatic rings. The smallest absolute Gasteiger partial charge is 0.343 e. The van der Waals surface area contributed by atoms with Gasteiger partial charge < -0.3 is 28.4 Å². The van der Waals surface area contributed by atoms with Gasteiger partial charge in [0.15, 0.2) is 0 Å². The van der Waals surface area contributed by atoms with Crippen LogP contribution in [0.25, 0.3) is 0 Å². The van der Waals surface area contributed by atoms with Gasteiger partial charge in [-0.15, -0.1) is 0 Å². The van der Waals surface area contributed by atoms with Crippen molar-refractivity contribution >= 4 is 24.4 Å². The molecular weight excluding hydrogens is 556 g/mol. The van der Waals surface area contributed by atoms with Crippen LogP contribution >= 0.6 is 0 Å². The lowest BCUT2D eigenvalue weighted by atomic mass is 10.2. The molecule has 0 radical (unpaired) electrons. The maximum absolute atomic E-state index is 12.4. The molecule has 0 atom stereocenters. The minimum Gasteiger partial charge on any atom is -0.497 e. The number of allylic oxidation sites excluding steroid dienone is 5. The monoisotopic (exact) mass is 594 g/mol. The normalized spacial score (nSPS) is 11.0. The fourth-order valence-corrected chi connectivity index (χ4v) is 3.04. The molecule has 0 spiro atoms. The van der Waals surface area contributed by atoms with E-state index in [4.69, 9.17) is 18.9 Å². The summed E-state index contributed by atoms with van der Waals surface area (Å²) in [5, 5.41) is 0. The van der Waals surface area contributed by atoms with E-state index in [0.29, 0.717) is 73.3 Å². The molecule has 0 aliphatic rings. The number of benzene rings is 2. The van der Waals surface area contributed by atoms with E-state index in [0.717, 1.165) is 6.08 Å². The van der Waals surface area contributed by atoms with Gasteiger partial charge in [-0.1, -0.05) is 12.7 Å². The highest BCUT2D eigenvalue weighted by Crippen LogP contribution is 2.16. The van der Waals surface area contributed by atoms with Gasteiger partial charge in [0, 0.05) is 6.08 Å². The molecule has 0 saturated carbocycles. The van der Waals surface area contributed by atoms with Gasteiger partial charge in [0.25, 0.3) is 6.47 Å². The Morgan fingerprint density at radius 3 is 1.95 bits per heavy atom. The van der Waals surface area contributed by atoms with Crippen LogP contribution in [0.5, 0.6) is 11.5 Å². The molecule has 0 N–H and O–H groups in total. The van der Waals surface area contributed by atoms with Gasteiger partial charge in [-0.2, -0.15) is 0 Å².